The standard InChI is InChI=1S/C30H40N2O/c1-28-11-9-25-16-24-6-3-20(18-31-2)17-29(24)12-13-30(25,33-29)27(28)8-7-26(28)22-5-4-21-10-14-32-19-23(21)15-22/h4-5,10,14-15,19-20,24-27,31H,3,6-9,11-13,16-18H2,1-2H3/t20-,24?,25?,26-,27-,28-,29-,30-/m1/s1. The van der Waals surface area contributed by atoms with Crippen LogP contribution in [-0.2, 0) is 4.74 Å². The minimum Gasteiger partial charge on any atom is -0.368 e. The van der Waals surface area contributed by atoms with Gasteiger partial charge in [-0.1, -0.05) is 19.1 Å². The SMILES string of the molecule is CNC[C@@H]1CCC2CC3CC[C@]4(C)[C@@H](c5ccc6ccncc6c5)CC[C@H]4[C@@]34CC[C@]2(C1)O4. The van der Waals surface area contributed by atoms with Gasteiger partial charge in [-0.15, -0.1) is 0 Å². The van der Waals surface area contributed by atoms with Crippen molar-refractivity contribution in [2.75, 3.05) is 13.6 Å². The second-order valence-electron chi connectivity index (χ2n) is 12.7. The highest BCUT2D eigenvalue weighted by molar-refractivity contribution is 5.82. The molecule has 2 saturated heterocycles. The van der Waals surface area contributed by atoms with Crippen LogP contribution >= 0.6 is 0 Å². The Bertz CT molecular complexity index is 1070. The van der Waals surface area contributed by atoms with E-state index in [4.69, 9.17) is 4.74 Å². The molecule has 3 saturated carbocycles. The van der Waals surface area contributed by atoms with Gasteiger partial charge in [0.1, 0.15) is 0 Å². The fourth-order valence-electron chi connectivity index (χ4n) is 10.0. The van der Waals surface area contributed by atoms with Gasteiger partial charge < -0.3 is 10.1 Å². The zero-order valence-corrected chi connectivity index (χ0v) is 20.5. The van der Waals surface area contributed by atoms with Crippen molar-refractivity contribution in [3.8, 4) is 0 Å². The van der Waals surface area contributed by atoms with Crippen LogP contribution in [0.4, 0.5) is 0 Å². The summed E-state index contributed by atoms with van der Waals surface area (Å²) in [4.78, 5) is 4.40. The first-order valence-corrected chi connectivity index (χ1v) is 13.7. The quantitative estimate of drug-likeness (QED) is 0.589. The van der Waals surface area contributed by atoms with E-state index in [1.54, 1.807) is 5.56 Å². The molecule has 5 aliphatic rings. The summed E-state index contributed by atoms with van der Waals surface area (Å²) in [6.07, 6.45) is 17.6. The van der Waals surface area contributed by atoms with Gasteiger partial charge >= 0.3 is 0 Å². The summed E-state index contributed by atoms with van der Waals surface area (Å²) in [5.74, 6) is 3.81. The van der Waals surface area contributed by atoms with Gasteiger partial charge in [-0.25, -0.2) is 0 Å². The first kappa shape index (κ1) is 20.9. The molecule has 2 aliphatic heterocycles. The van der Waals surface area contributed by atoms with Gasteiger partial charge in [0.2, 0.25) is 0 Å². The molecule has 8 atom stereocenters. The molecule has 0 radical (unpaired) electrons. The van der Waals surface area contributed by atoms with Gasteiger partial charge in [0.05, 0.1) is 11.2 Å². The third-order valence-corrected chi connectivity index (χ3v) is 11.4. The van der Waals surface area contributed by atoms with E-state index in [1.165, 1.54) is 75.0 Å². The van der Waals surface area contributed by atoms with Crippen molar-refractivity contribution < 1.29 is 4.74 Å². The predicted octanol–water partition coefficient (Wildman–Crippen LogP) is 6.47. The van der Waals surface area contributed by atoms with E-state index < -0.39 is 0 Å². The summed E-state index contributed by atoms with van der Waals surface area (Å²) in [7, 11) is 2.12. The fraction of sp³-hybridized carbons (Fsp3) is 0.700. The first-order chi connectivity index (χ1) is 16.1. The van der Waals surface area contributed by atoms with E-state index in [0.29, 0.717) is 11.3 Å². The Morgan fingerprint density at radius 2 is 1.94 bits per heavy atom. The van der Waals surface area contributed by atoms with Crippen molar-refractivity contribution in [3.05, 3.63) is 42.2 Å². The van der Waals surface area contributed by atoms with Crippen LogP contribution in [0.15, 0.2) is 36.7 Å². The van der Waals surface area contributed by atoms with Gasteiger partial charge in [-0.3, -0.25) is 4.98 Å². The molecule has 3 nitrogen and oxygen atoms in total. The molecule has 2 aromatic rings. The number of pyridine rings is 1. The van der Waals surface area contributed by atoms with E-state index in [9.17, 15) is 0 Å². The van der Waals surface area contributed by atoms with Crippen molar-refractivity contribution >= 4 is 10.8 Å². The summed E-state index contributed by atoms with van der Waals surface area (Å²) in [6, 6.07) is 9.32. The zero-order chi connectivity index (χ0) is 22.3. The van der Waals surface area contributed by atoms with Gasteiger partial charge in [0, 0.05) is 17.8 Å². The Morgan fingerprint density at radius 1 is 1.00 bits per heavy atom. The molecule has 3 heteroatoms. The van der Waals surface area contributed by atoms with Crippen LogP contribution in [0.25, 0.3) is 10.8 Å². The third-order valence-electron chi connectivity index (χ3n) is 11.4. The Balaban J connectivity index is 1.22. The molecule has 176 valence electrons. The Hall–Kier alpha value is -1.45. The molecule has 1 N–H and O–H groups in total. The lowest BCUT2D eigenvalue weighted by molar-refractivity contribution is -0.260. The molecule has 33 heavy (non-hydrogen) atoms. The highest BCUT2D eigenvalue weighted by Gasteiger charge is 2.70. The molecule has 2 spiro atoms. The van der Waals surface area contributed by atoms with Crippen LogP contribution in [0, 0.1) is 29.1 Å². The summed E-state index contributed by atoms with van der Waals surface area (Å²) in [5.41, 5.74) is 2.27. The monoisotopic (exact) mass is 444 g/mol. The van der Waals surface area contributed by atoms with Crippen LogP contribution < -0.4 is 5.32 Å². The lowest BCUT2D eigenvalue weighted by atomic mass is 9.53. The fourth-order valence-corrected chi connectivity index (χ4v) is 10.0. The minimum absolute atomic E-state index is 0.165. The first-order valence-electron chi connectivity index (χ1n) is 13.7. The Kier molecular flexibility index (Phi) is 4.60. The van der Waals surface area contributed by atoms with Gasteiger partial charge in [0.25, 0.3) is 0 Å². The maximum absolute atomic E-state index is 7.55. The summed E-state index contributed by atoms with van der Waals surface area (Å²) in [6.45, 7) is 3.80. The van der Waals surface area contributed by atoms with Crippen LogP contribution in [0.3, 0.4) is 0 Å². The minimum atomic E-state index is 0.165. The van der Waals surface area contributed by atoms with E-state index in [-0.39, 0.29) is 11.2 Å². The van der Waals surface area contributed by atoms with Crippen molar-refractivity contribution in [3.63, 3.8) is 0 Å². The highest BCUT2D eigenvalue weighted by Crippen LogP contribution is 2.72. The third kappa shape index (κ3) is 2.85. The predicted molar refractivity (Wildman–Crippen MR) is 133 cm³/mol. The molecule has 5 fully saturated rings. The highest BCUT2D eigenvalue weighted by atomic mass is 16.5. The number of benzene rings is 1. The number of nitrogens with one attached hydrogen (secondary N) is 1. The van der Waals surface area contributed by atoms with Crippen molar-refractivity contribution in [2.45, 2.75) is 88.3 Å². The maximum atomic E-state index is 7.55. The summed E-state index contributed by atoms with van der Waals surface area (Å²) < 4.78 is 7.55. The number of fused-ring (bicyclic) bond motifs is 2. The zero-order valence-electron chi connectivity index (χ0n) is 20.5. The lowest BCUT2D eigenvalue weighted by Crippen LogP contribution is -2.61. The van der Waals surface area contributed by atoms with Crippen molar-refractivity contribution in [1.82, 2.24) is 10.3 Å². The molecule has 2 unspecified atom stereocenters. The molecule has 0 amide bonds. The normalized spacial score (nSPS) is 46.1. The number of rotatable bonds is 3. The topological polar surface area (TPSA) is 34.2 Å². The maximum Gasteiger partial charge on any atom is 0.0752 e. The van der Waals surface area contributed by atoms with Gasteiger partial charge in [-0.2, -0.15) is 0 Å². The number of ether oxygens (including phenoxy) is 1. The molecular weight excluding hydrogens is 404 g/mol. The molecule has 1 aromatic heterocycles. The van der Waals surface area contributed by atoms with E-state index >= 15 is 0 Å². The number of hydrogen-bond acceptors (Lipinski definition) is 3. The van der Waals surface area contributed by atoms with E-state index in [0.717, 1.165) is 30.2 Å². The second kappa shape index (κ2) is 7.28. The largest absolute Gasteiger partial charge is 0.368 e. The Labute approximate surface area is 199 Å². The van der Waals surface area contributed by atoms with Gasteiger partial charge in [-0.05, 0) is 136 Å². The summed E-state index contributed by atoms with van der Waals surface area (Å²) >= 11 is 0. The molecule has 7 rings (SSSR count). The summed E-state index contributed by atoms with van der Waals surface area (Å²) in [5, 5.41) is 6.07. The van der Waals surface area contributed by atoms with Crippen LogP contribution in [0.5, 0.6) is 0 Å². The van der Waals surface area contributed by atoms with Gasteiger partial charge in [0.15, 0.2) is 0 Å². The van der Waals surface area contributed by atoms with Crippen molar-refractivity contribution in [1.29, 1.82) is 0 Å². The average molecular weight is 445 g/mol. The molecular formula is C30H40N2O. The van der Waals surface area contributed by atoms with E-state index in [2.05, 4.69) is 48.5 Å². The average Bonchev–Trinajstić information content (AvgIpc) is 3.34. The number of nitrogens with zero attached hydrogens (tertiary/aromatic N) is 1. The van der Waals surface area contributed by atoms with E-state index in [1.807, 2.05) is 12.4 Å². The smallest absolute Gasteiger partial charge is 0.0752 e. The number of hydrogen-bond donors (Lipinski definition) is 1. The van der Waals surface area contributed by atoms with Crippen molar-refractivity contribution in [2.24, 2.45) is 29.1 Å². The lowest BCUT2D eigenvalue weighted by Gasteiger charge is -2.61. The van der Waals surface area contributed by atoms with Crippen LogP contribution in [-0.4, -0.2) is 29.8 Å². The number of aromatic nitrogens is 1. The van der Waals surface area contributed by atoms with Crippen LogP contribution in [0.2, 0.25) is 0 Å². The molecule has 2 bridgehead atoms. The molecule has 3 heterocycles. The molecule has 3 aliphatic carbocycles. The second-order valence-corrected chi connectivity index (χ2v) is 12.7. The van der Waals surface area contributed by atoms with Crippen LogP contribution in [0.1, 0.15) is 82.6 Å². The Morgan fingerprint density at radius 3 is 2.85 bits per heavy atom. The molecule has 1 aromatic carbocycles.